The van der Waals surface area contributed by atoms with Gasteiger partial charge in [0.25, 0.3) is 5.69 Å². The molecule has 0 unspecified atom stereocenters. The summed E-state index contributed by atoms with van der Waals surface area (Å²) in [7, 11) is 0. The van der Waals surface area contributed by atoms with Crippen LogP contribution in [0.3, 0.4) is 0 Å². The van der Waals surface area contributed by atoms with Crippen LogP contribution in [0.5, 0.6) is 11.5 Å². The van der Waals surface area contributed by atoms with E-state index in [0.29, 0.717) is 6.07 Å². The van der Waals surface area contributed by atoms with Crippen LogP contribution in [-0.4, -0.2) is 30.1 Å². The number of esters is 2. The Bertz CT molecular complexity index is 1020. The largest absolute Gasteiger partial charge is 0.459 e. The smallest absolute Gasteiger partial charge is 0.416 e. The number of carbonyl (C=O) groups is 2. The van der Waals surface area contributed by atoms with Crippen molar-refractivity contribution in [3.63, 3.8) is 0 Å². The van der Waals surface area contributed by atoms with E-state index in [2.05, 4.69) is 11.3 Å². The number of rotatable bonds is 8. The van der Waals surface area contributed by atoms with Gasteiger partial charge in [-0.1, -0.05) is 18.2 Å². The van der Waals surface area contributed by atoms with Crippen LogP contribution >= 0.6 is 11.6 Å². The van der Waals surface area contributed by atoms with Crippen LogP contribution in [0, 0.1) is 10.1 Å². The molecule has 2 aromatic rings. The average Bonchev–Trinajstić information content (AvgIpc) is 2.71. The van der Waals surface area contributed by atoms with Crippen LogP contribution in [0.4, 0.5) is 18.9 Å². The van der Waals surface area contributed by atoms with Crippen molar-refractivity contribution >= 4 is 29.2 Å². The predicted molar refractivity (Wildman–Crippen MR) is 101 cm³/mol. The molecule has 0 aliphatic carbocycles. The van der Waals surface area contributed by atoms with E-state index < -0.39 is 39.9 Å². The molecule has 0 fully saturated rings. The average molecular weight is 460 g/mol. The number of alkyl halides is 3. The summed E-state index contributed by atoms with van der Waals surface area (Å²) in [5, 5.41) is 10.8. The van der Waals surface area contributed by atoms with E-state index in [-0.39, 0.29) is 29.7 Å². The lowest BCUT2D eigenvalue weighted by atomic mass is 10.1. The van der Waals surface area contributed by atoms with E-state index in [9.17, 15) is 32.9 Å². The molecule has 0 N–H and O–H groups in total. The van der Waals surface area contributed by atoms with Gasteiger partial charge in [0.2, 0.25) is 0 Å². The normalized spacial score (nSPS) is 10.8. The zero-order valence-corrected chi connectivity index (χ0v) is 16.2. The number of nitrogens with zero attached hydrogens (tertiary/aromatic N) is 1. The van der Waals surface area contributed by atoms with Gasteiger partial charge in [-0.3, -0.25) is 10.1 Å². The molecule has 0 aliphatic heterocycles. The number of nitro benzene ring substituents is 1. The first kappa shape index (κ1) is 23.7. The molecule has 0 atom stereocenters. The first-order chi connectivity index (χ1) is 14.5. The molecule has 0 bridgehead atoms. The van der Waals surface area contributed by atoms with Gasteiger partial charge in [-0.25, -0.2) is 9.59 Å². The molecule has 2 aromatic carbocycles. The maximum atomic E-state index is 12.7. The van der Waals surface area contributed by atoms with E-state index in [1.165, 1.54) is 0 Å². The number of nitro groups is 1. The zero-order chi connectivity index (χ0) is 23.2. The van der Waals surface area contributed by atoms with Gasteiger partial charge in [-0.05, 0) is 24.3 Å². The molecule has 0 heterocycles. The fourth-order valence-electron chi connectivity index (χ4n) is 2.20. The highest BCUT2D eigenvalue weighted by atomic mass is 35.5. The molecule has 0 amide bonds. The van der Waals surface area contributed by atoms with E-state index in [0.717, 1.165) is 36.4 Å². The van der Waals surface area contributed by atoms with E-state index in [4.69, 9.17) is 21.1 Å². The number of halogens is 4. The molecule has 0 aliphatic rings. The summed E-state index contributed by atoms with van der Waals surface area (Å²) >= 11 is 5.82. The molecule has 12 heteroatoms. The molecular formula is C19H13ClF3NO7. The van der Waals surface area contributed by atoms with Gasteiger partial charge < -0.3 is 14.2 Å². The minimum absolute atomic E-state index is 0.114. The lowest BCUT2D eigenvalue weighted by Gasteiger charge is -2.12. The molecule has 164 valence electrons. The fraction of sp³-hybridized carbons (Fsp3) is 0.158. The Kier molecular flexibility index (Phi) is 7.59. The Morgan fingerprint density at radius 2 is 1.81 bits per heavy atom. The molecule has 0 spiro atoms. The molecule has 31 heavy (non-hydrogen) atoms. The van der Waals surface area contributed by atoms with Gasteiger partial charge in [-0.15, -0.1) is 0 Å². The second-order valence-corrected chi connectivity index (χ2v) is 6.10. The molecule has 0 radical (unpaired) electrons. The fourth-order valence-corrected chi connectivity index (χ4v) is 2.42. The van der Waals surface area contributed by atoms with Gasteiger partial charge in [0.05, 0.1) is 15.5 Å². The van der Waals surface area contributed by atoms with Crippen molar-refractivity contribution in [2.45, 2.75) is 6.18 Å². The van der Waals surface area contributed by atoms with Gasteiger partial charge >= 0.3 is 18.1 Å². The van der Waals surface area contributed by atoms with Gasteiger partial charge in [-0.2, -0.15) is 13.2 Å². The third kappa shape index (κ3) is 6.44. The maximum Gasteiger partial charge on any atom is 0.416 e. The number of hydrogen-bond donors (Lipinski definition) is 0. The molecule has 8 nitrogen and oxygen atoms in total. The third-order valence-electron chi connectivity index (χ3n) is 3.60. The highest BCUT2D eigenvalue weighted by molar-refractivity contribution is 6.32. The Labute approximate surface area is 177 Å². The molecule has 0 saturated heterocycles. The van der Waals surface area contributed by atoms with Crippen LogP contribution in [-0.2, 0) is 20.4 Å². The third-order valence-corrected chi connectivity index (χ3v) is 3.89. The second kappa shape index (κ2) is 9.94. The van der Waals surface area contributed by atoms with E-state index >= 15 is 0 Å². The van der Waals surface area contributed by atoms with Crippen molar-refractivity contribution in [1.82, 2.24) is 0 Å². The summed E-state index contributed by atoms with van der Waals surface area (Å²) in [6.07, 6.45) is -3.70. The molecule has 2 rings (SSSR count). The molecule has 0 saturated carbocycles. The second-order valence-electron chi connectivity index (χ2n) is 5.69. The van der Waals surface area contributed by atoms with Crippen LogP contribution in [0.25, 0.3) is 0 Å². The Morgan fingerprint density at radius 1 is 1.13 bits per heavy atom. The summed E-state index contributed by atoms with van der Waals surface area (Å²) in [5.41, 5.74) is -2.07. The van der Waals surface area contributed by atoms with Crippen molar-refractivity contribution in [2.75, 3.05) is 13.2 Å². The first-order valence-electron chi connectivity index (χ1n) is 8.32. The lowest BCUT2D eigenvalue weighted by molar-refractivity contribution is -0.385. The minimum atomic E-state index is -4.60. The van der Waals surface area contributed by atoms with Gasteiger partial charge in [0.1, 0.15) is 30.3 Å². The summed E-state index contributed by atoms with van der Waals surface area (Å²) in [6.45, 7) is 2.50. The topological polar surface area (TPSA) is 105 Å². The van der Waals surface area contributed by atoms with Crippen LogP contribution < -0.4 is 4.74 Å². The van der Waals surface area contributed by atoms with Gasteiger partial charge in [0.15, 0.2) is 0 Å². The van der Waals surface area contributed by atoms with Crippen molar-refractivity contribution in [3.8, 4) is 11.5 Å². The van der Waals surface area contributed by atoms with Crippen LogP contribution in [0.15, 0.2) is 49.1 Å². The Morgan fingerprint density at radius 3 is 2.39 bits per heavy atom. The van der Waals surface area contributed by atoms with Crippen LogP contribution in [0.2, 0.25) is 5.02 Å². The van der Waals surface area contributed by atoms with Crippen molar-refractivity contribution < 1.29 is 41.9 Å². The summed E-state index contributed by atoms with van der Waals surface area (Å²) in [4.78, 5) is 33.5. The lowest BCUT2D eigenvalue weighted by Crippen LogP contribution is -2.14. The maximum absolute atomic E-state index is 12.7. The first-order valence-corrected chi connectivity index (χ1v) is 8.70. The number of benzene rings is 2. The zero-order valence-electron chi connectivity index (χ0n) is 15.5. The van der Waals surface area contributed by atoms with Crippen LogP contribution in [0.1, 0.15) is 15.9 Å². The highest BCUT2D eigenvalue weighted by Crippen LogP contribution is 2.37. The summed E-state index contributed by atoms with van der Waals surface area (Å²) in [6, 6.07) is 5.44. The Hall–Kier alpha value is -3.60. The van der Waals surface area contributed by atoms with Gasteiger partial charge in [0, 0.05) is 18.2 Å². The van der Waals surface area contributed by atoms with E-state index in [1.54, 1.807) is 0 Å². The van der Waals surface area contributed by atoms with Crippen molar-refractivity contribution in [2.24, 2.45) is 0 Å². The van der Waals surface area contributed by atoms with Crippen molar-refractivity contribution in [3.05, 3.63) is 75.3 Å². The molecular weight excluding hydrogens is 447 g/mol. The molecule has 0 aromatic heterocycles. The van der Waals surface area contributed by atoms with Crippen molar-refractivity contribution in [1.29, 1.82) is 0 Å². The standard InChI is InChI=1S/C19H13ClF3NO7/c1-2-17(25)29-7-8-30-18(26)13-10-12(4-5-15(13)24(27)28)31-16-6-3-11(9-14(16)20)19(21,22)23/h2-6,9-10H,1,7-8H2. The predicted octanol–water partition coefficient (Wildman–Crippen LogP) is 4.95. The minimum Gasteiger partial charge on any atom is -0.459 e. The number of ether oxygens (including phenoxy) is 3. The number of carbonyl (C=O) groups excluding carboxylic acids is 2. The highest BCUT2D eigenvalue weighted by Gasteiger charge is 2.31. The number of hydrogen-bond acceptors (Lipinski definition) is 7. The monoisotopic (exact) mass is 459 g/mol. The van der Waals surface area contributed by atoms with E-state index in [1.807, 2.05) is 0 Å². The quantitative estimate of drug-likeness (QED) is 0.181. The SMILES string of the molecule is C=CC(=O)OCCOC(=O)c1cc(Oc2ccc(C(F)(F)F)cc2Cl)ccc1[N+](=O)[O-]. The Balaban J connectivity index is 2.21. The summed E-state index contributed by atoms with van der Waals surface area (Å²) in [5.74, 6) is -2.13. The summed E-state index contributed by atoms with van der Waals surface area (Å²) < 4.78 is 53.0.